The Morgan fingerprint density at radius 1 is 1.36 bits per heavy atom. The molecule has 3 saturated heterocycles. The molecule has 6 nitrogen and oxygen atoms in total. The van der Waals surface area contributed by atoms with E-state index in [1.165, 1.54) is 13.1 Å². The van der Waals surface area contributed by atoms with E-state index in [9.17, 15) is 9.59 Å². The van der Waals surface area contributed by atoms with E-state index in [-0.39, 0.29) is 53.6 Å². The van der Waals surface area contributed by atoms with Crippen LogP contribution in [0.3, 0.4) is 0 Å². The van der Waals surface area contributed by atoms with Gasteiger partial charge in [-0.05, 0) is 43.8 Å². The number of nitrogens with zero attached hydrogens (tertiary/aromatic N) is 3. The summed E-state index contributed by atoms with van der Waals surface area (Å²) in [6.07, 6.45) is 3.82. The summed E-state index contributed by atoms with van der Waals surface area (Å²) < 4.78 is 0. The average Bonchev–Trinajstić information content (AvgIpc) is 2.66. The number of urea groups is 1. The number of carbonyl (C=O) groups excluding carboxylic acids is 2. The Hall–Kier alpha value is -0.300. The Bertz CT molecular complexity index is 472. The molecule has 7 heteroatoms. The maximum atomic E-state index is 12.4. The largest absolute Gasteiger partial charge is 1.00 e. The van der Waals surface area contributed by atoms with Gasteiger partial charge in [-0.3, -0.25) is 9.59 Å². The molecule has 0 aromatic heterocycles. The molecule has 0 aromatic rings. The first-order chi connectivity index (χ1) is 10.1. The first kappa shape index (κ1) is 16.6. The van der Waals surface area contributed by atoms with Crippen LogP contribution in [0, 0.1) is 5.41 Å². The summed E-state index contributed by atoms with van der Waals surface area (Å²) in [6.45, 7) is 6.33. The van der Waals surface area contributed by atoms with Gasteiger partial charge in [-0.25, -0.2) is 0 Å². The molecule has 116 valence electrons. The van der Waals surface area contributed by atoms with Crippen molar-refractivity contribution < 1.29 is 39.1 Å². The molecule has 4 fully saturated rings. The molecular formula is C15H23N4NaO2. The molecule has 3 heterocycles. The predicted molar refractivity (Wildman–Crippen MR) is 78.0 cm³/mol. The number of likely N-dealkylation sites (tertiary alicyclic amines) is 1. The number of rotatable bonds is 3. The first-order valence-corrected chi connectivity index (χ1v) is 8.13. The zero-order chi connectivity index (χ0) is 14.6. The number of hydrogen-bond donors (Lipinski definition) is 1. The van der Waals surface area contributed by atoms with Crippen LogP contribution in [0.25, 0.3) is 5.32 Å². The fraction of sp³-hybridized carbons (Fsp3) is 0.867. The molecule has 0 radical (unpaired) electrons. The van der Waals surface area contributed by atoms with E-state index in [0.717, 1.165) is 32.2 Å². The Kier molecular flexibility index (Phi) is 4.49. The molecule has 3 aliphatic heterocycles. The predicted octanol–water partition coefficient (Wildman–Crippen LogP) is -2.07. The smallest absolute Gasteiger partial charge is 0.427 e. The van der Waals surface area contributed by atoms with Crippen LogP contribution in [0.5, 0.6) is 0 Å². The summed E-state index contributed by atoms with van der Waals surface area (Å²) in [5, 5.41) is 7.21. The van der Waals surface area contributed by atoms with E-state index in [1.807, 2.05) is 0 Å². The van der Waals surface area contributed by atoms with Crippen LogP contribution in [0.4, 0.5) is 4.79 Å². The second kappa shape index (κ2) is 5.96. The second-order valence-corrected chi connectivity index (χ2v) is 7.23. The van der Waals surface area contributed by atoms with Gasteiger partial charge >= 0.3 is 29.6 Å². The van der Waals surface area contributed by atoms with Crippen molar-refractivity contribution in [3.63, 3.8) is 0 Å². The Morgan fingerprint density at radius 3 is 2.77 bits per heavy atom. The third kappa shape index (κ3) is 2.68. The van der Waals surface area contributed by atoms with Gasteiger partial charge in [0.1, 0.15) is 0 Å². The molecule has 1 N–H and O–H groups in total. The third-order valence-electron chi connectivity index (χ3n) is 5.67. The SMILES string of the molecule is CCN1CC2(CC(NC(=O)[C@@H]3CC[C@@H]4CN3C(=O)[N-]4)C2)C1.[Na+]. The van der Waals surface area contributed by atoms with E-state index in [1.54, 1.807) is 4.90 Å². The minimum Gasteiger partial charge on any atom is -0.427 e. The van der Waals surface area contributed by atoms with Gasteiger partial charge in [-0.15, -0.1) is 0 Å². The molecule has 22 heavy (non-hydrogen) atoms. The second-order valence-electron chi connectivity index (χ2n) is 7.23. The average molecular weight is 314 g/mol. The number of hydrogen-bond acceptors (Lipinski definition) is 3. The molecule has 2 atom stereocenters. The van der Waals surface area contributed by atoms with E-state index in [2.05, 4.69) is 22.5 Å². The summed E-state index contributed by atoms with van der Waals surface area (Å²) in [5.41, 5.74) is 0.477. The molecule has 0 aromatic carbocycles. The van der Waals surface area contributed by atoms with Gasteiger partial charge < -0.3 is 20.4 Å². The van der Waals surface area contributed by atoms with Crippen molar-refractivity contribution >= 4 is 11.9 Å². The Balaban J connectivity index is 0.00000144. The van der Waals surface area contributed by atoms with Gasteiger partial charge in [-0.1, -0.05) is 13.3 Å². The maximum absolute atomic E-state index is 12.4. The van der Waals surface area contributed by atoms with Crippen molar-refractivity contribution in [2.24, 2.45) is 5.41 Å². The zero-order valence-corrected chi connectivity index (χ0v) is 15.5. The van der Waals surface area contributed by atoms with Crippen LogP contribution in [-0.2, 0) is 4.79 Å². The fourth-order valence-corrected chi connectivity index (χ4v) is 4.54. The van der Waals surface area contributed by atoms with E-state index >= 15 is 0 Å². The minimum absolute atomic E-state index is 0. The van der Waals surface area contributed by atoms with Crippen LogP contribution < -0.4 is 34.9 Å². The van der Waals surface area contributed by atoms with Crippen molar-refractivity contribution in [2.45, 2.75) is 50.7 Å². The fourth-order valence-electron chi connectivity index (χ4n) is 4.54. The van der Waals surface area contributed by atoms with E-state index < -0.39 is 0 Å². The van der Waals surface area contributed by atoms with Crippen molar-refractivity contribution in [2.75, 3.05) is 26.2 Å². The van der Waals surface area contributed by atoms with Gasteiger partial charge in [0.05, 0.1) is 0 Å². The van der Waals surface area contributed by atoms with E-state index in [4.69, 9.17) is 0 Å². The van der Waals surface area contributed by atoms with Crippen molar-refractivity contribution in [1.82, 2.24) is 15.1 Å². The summed E-state index contributed by atoms with van der Waals surface area (Å²) in [4.78, 5) is 28.3. The number of amides is 3. The van der Waals surface area contributed by atoms with E-state index in [0.29, 0.717) is 18.0 Å². The Morgan fingerprint density at radius 2 is 2.09 bits per heavy atom. The topological polar surface area (TPSA) is 66.8 Å². The zero-order valence-electron chi connectivity index (χ0n) is 13.5. The molecule has 1 saturated carbocycles. The van der Waals surface area contributed by atoms with Gasteiger partial charge in [0.15, 0.2) is 6.03 Å². The number of fused-ring (bicyclic) bond motifs is 2. The van der Waals surface area contributed by atoms with Crippen LogP contribution in [-0.4, -0.2) is 66.0 Å². The molecule has 0 unspecified atom stereocenters. The van der Waals surface area contributed by atoms with Crippen molar-refractivity contribution in [3.8, 4) is 0 Å². The number of piperidine rings is 1. The molecule has 3 amide bonds. The third-order valence-corrected chi connectivity index (χ3v) is 5.67. The molecule has 1 aliphatic carbocycles. The normalized spacial score (nSPS) is 32.8. The Labute approximate surface area is 153 Å². The van der Waals surface area contributed by atoms with Gasteiger partial charge in [0, 0.05) is 25.2 Å². The molecule has 4 rings (SSSR count). The van der Waals surface area contributed by atoms with Crippen LogP contribution in [0.1, 0.15) is 32.6 Å². The number of carbonyl (C=O) groups is 2. The summed E-state index contributed by atoms with van der Waals surface area (Å²) >= 11 is 0. The van der Waals surface area contributed by atoms with Crippen molar-refractivity contribution in [3.05, 3.63) is 5.32 Å². The summed E-state index contributed by atoms with van der Waals surface area (Å²) in [5.74, 6) is 0.0328. The van der Waals surface area contributed by atoms with Gasteiger partial charge in [0.2, 0.25) is 5.91 Å². The molecular weight excluding hydrogens is 291 g/mol. The van der Waals surface area contributed by atoms with Gasteiger partial charge in [0.25, 0.3) is 0 Å². The van der Waals surface area contributed by atoms with Crippen LogP contribution >= 0.6 is 0 Å². The monoisotopic (exact) mass is 314 g/mol. The van der Waals surface area contributed by atoms with Gasteiger partial charge in [-0.2, -0.15) is 0 Å². The van der Waals surface area contributed by atoms with Crippen LogP contribution in [0.2, 0.25) is 0 Å². The molecule has 2 bridgehead atoms. The standard InChI is InChI=1S/C15H24N4O2.Na/c1-2-18-8-15(9-18)5-11(6-15)16-13(20)12-4-3-10-7-19(12)14(21)17-10;/h10-12H,2-9H2,1H3,(H2,16,17,20,21);/q;+1/p-1/t10-,12+;/m1./s1. The summed E-state index contributed by atoms with van der Waals surface area (Å²) in [6, 6.07) is -0.0437. The first-order valence-electron chi connectivity index (χ1n) is 8.13. The molecule has 4 aliphatic rings. The maximum Gasteiger partial charge on any atom is 1.00 e. The minimum atomic E-state index is -0.287. The van der Waals surface area contributed by atoms with Crippen LogP contribution in [0.15, 0.2) is 0 Å². The molecule has 1 spiro atoms. The quantitative estimate of drug-likeness (QED) is 0.609. The summed E-state index contributed by atoms with van der Waals surface area (Å²) in [7, 11) is 0. The van der Waals surface area contributed by atoms with Crippen molar-refractivity contribution in [1.29, 1.82) is 0 Å². The number of nitrogens with one attached hydrogen (secondary N) is 1.